The van der Waals surface area contributed by atoms with Crippen molar-refractivity contribution in [3.05, 3.63) is 23.6 Å². The van der Waals surface area contributed by atoms with Crippen LogP contribution in [0.2, 0.25) is 0 Å². The van der Waals surface area contributed by atoms with Crippen LogP contribution in [0.25, 0.3) is 11.4 Å². The molecule has 2 aromatic heterocycles. The predicted molar refractivity (Wildman–Crippen MR) is 50.2 cm³/mol. The summed E-state index contributed by atoms with van der Waals surface area (Å²) in [5, 5.41) is 19.0. The van der Waals surface area contributed by atoms with Crippen molar-refractivity contribution >= 4 is 5.97 Å². The molecule has 0 aliphatic rings. The SMILES string of the molecule is Cc1cc(-c2[nH]ncc2CC(=O)O)no1. The summed E-state index contributed by atoms with van der Waals surface area (Å²) in [5.41, 5.74) is 1.76. The van der Waals surface area contributed by atoms with Crippen LogP contribution in [0.3, 0.4) is 0 Å². The van der Waals surface area contributed by atoms with Crippen LogP contribution in [0, 0.1) is 6.92 Å². The van der Waals surface area contributed by atoms with Gasteiger partial charge in [0.05, 0.1) is 18.3 Å². The molecule has 0 atom stereocenters. The van der Waals surface area contributed by atoms with Gasteiger partial charge in [-0.2, -0.15) is 5.10 Å². The van der Waals surface area contributed by atoms with Gasteiger partial charge in [0.15, 0.2) is 0 Å². The molecule has 0 spiro atoms. The minimum atomic E-state index is -0.905. The maximum absolute atomic E-state index is 10.6. The normalized spacial score (nSPS) is 10.5. The monoisotopic (exact) mass is 207 g/mol. The number of aromatic amines is 1. The maximum Gasteiger partial charge on any atom is 0.307 e. The summed E-state index contributed by atoms with van der Waals surface area (Å²) in [7, 11) is 0. The van der Waals surface area contributed by atoms with Crippen molar-refractivity contribution in [1.29, 1.82) is 0 Å². The van der Waals surface area contributed by atoms with E-state index in [9.17, 15) is 4.79 Å². The van der Waals surface area contributed by atoms with Gasteiger partial charge in [-0.1, -0.05) is 5.16 Å². The second kappa shape index (κ2) is 3.56. The zero-order valence-corrected chi connectivity index (χ0v) is 8.02. The van der Waals surface area contributed by atoms with Crippen LogP contribution in [0.4, 0.5) is 0 Å². The second-order valence-corrected chi connectivity index (χ2v) is 3.16. The smallest absolute Gasteiger partial charge is 0.307 e. The summed E-state index contributed by atoms with van der Waals surface area (Å²) in [4.78, 5) is 10.6. The molecule has 2 heterocycles. The molecule has 0 saturated heterocycles. The number of carboxylic acids is 1. The number of rotatable bonds is 3. The minimum absolute atomic E-state index is 0.0856. The second-order valence-electron chi connectivity index (χ2n) is 3.16. The Hall–Kier alpha value is -2.11. The highest BCUT2D eigenvalue weighted by Crippen LogP contribution is 2.20. The molecule has 0 aliphatic heterocycles. The lowest BCUT2D eigenvalue weighted by atomic mass is 10.1. The molecule has 0 aromatic carbocycles. The van der Waals surface area contributed by atoms with Crippen molar-refractivity contribution in [3.8, 4) is 11.4 Å². The zero-order valence-electron chi connectivity index (χ0n) is 8.02. The number of nitrogens with one attached hydrogen (secondary N) is 1. The molecule has 0 fully saturated rings. The molecular weight excluding hydrogens is 198 g/mol. The Labute approximate surface area is 84.9 Å². The van der Waals surface area contributed by atoms with Gasteiger partial charge < -0.3 is 9.63 Å². The average molecular weight is 207 g/mol. The number of hydrogen-bond donors (Lipinski definition) is 2. The van der Waals surface area contributed by atoms with Gasteiger partial charge in [0, 0.05) is 11.6 Å². The highest BCUT2D eigenvalue weighted by molar-refractivity contribution is 5.73. The third-order valence-electron chi connectivity index (χ3n) is 1.94. The third-order valence-corrected chi connectivity index (χ3v) is 1.94. The molecule has 15 heavy (non-hydrogen) atoms. The van der Waals surface area contributed by atoms with Crippen LogP contribution in [0.5, 0.6) is 0 Å². The largest absolute Gasteiger partial charge is 0.481 e. The molecule has 0 aliphatic carbocycles. The van der Waals surface area contributed by atoms with E-state index in [1.807, 2.05) is 0 Å². The summed E-state index contributed by atoms with van der Waals surface area (Å²) in [5.74, 6) is -0.237. The molecule has 0 amide bonds. The standard InChI is InChI=1S/C9H9N3O3/c1-5-2-7(12-15-5)9-6(3-8(13)14)4-10-11-9/h2,4H,3H2,1H3,(H,10,11)(H,13,14). The van der Waals surface area contributed by atoms with E-state index in [-0.39, 0.29) is 6.42 Å². The van der Waals surface area contributed by atoms with Crippen LogP contribution < -0.4 is 0 Å². The van der Waals surface area contributed by atoms with Crippen molar-refractivity contribution < 1.29 is 14.4 Å². The molecule has 0 radical (unpaired) electrons. The Morgan fingerprint density at radius 3 is 3.07 bits per heavy atom. The molecule has 2 rings (SSSR count). The van der Waals surface area contributed by atoms with Gasteiger partial charge >= 0.3 is 5.97 Å². The number of carbonyl (C=O) groups is 1. The van der Waals surface area contributed by atoms with Crippen molar-refractivity contribution in [2.45, 2.75) is 13.3 Å². The molecule has 2 aromatic rings. The average Bonchev–Trinajstić information content (AvgIpc) is 2.72. The number of carboxylic acid groups (broad SMARTS) is 1. The number of aromatic nitrogens is 3. The number of hydrogen-bond acceptors (Lipinski definition) is 4. The predicted octanol–water partition coefficient (Wildman–Crippen LogP) is 1.00. The van der Waals surface area contributed by atoms with E-state index in [1.165, 1.54) is 6.20 Å². The minimum Gasteiger partial charge on any atom is -0.481 e. The van der Waals surface area contributed by atoms with Crippen LogP contribution in [-0.4, -0.2) is 26.4 Å². The van der Waals surface area contributed by atoms with Crippen LogP contribution in [-0.2, 0) is 11.2 Å². The van der Waals surface area contributed by atoms with Crippen molar-refractivity contribution in [2.75, 3.05) is 0 Å². The van der Waals surface area contributed by atoms with E-state index < -0.39 is 5.97 Å². The van der Waals surface area contributed by atoms with Gasteiger partial charge in [-0.05, 0) is 6.92 Å². The van der Waals surface area contributed by atoms with Gasteiger partial charge in [-0.3, -0.25) is 9.89 Å². The van der Waals surface area contributed by atoms with E-state index >= 15 is 0 Å². The van der Waals surface area contributed by atoms with E-state index in [4.69, 9.17) is 9.63 Å². The van der Waals surface area contributed by atoms with Gasteiger partial charge in [-0.25, -0.2) is 0 Å². The summed E-state index contributed by atoms with van der Waals surface area (Å²) in [6, 6.07) is 1.72. The van der Waals surface area contributed by atoms with E-state index in [0.29, 0.717) is 22.7 Å². The lowest BCUT2D eigenvalue weighted by molar-refractivity contribution is -0.136. The van der Waals surface area contributed by atoms with Crippen molar-refractivity contribution in [3.63, 3.8) is 0 Å². The zero-order chi connectivity index (χ0) is 10.8. The van der Waals surface area contributed by atoms with Crippen molar-refractivity contribution in [2.24, 2.45) is 0 Å². The van der Waals surface area contributed by atoms with Crippen molar-refractivity contribution in [1.82, 2.24) is 15.4 Å². The summed E-state index contributed by atoms with van der Waals surface area (Å²) >= 11 is 0. The Morgan fingerprint density at radius 1 is 1.67 bits per heavy atom. The molecule has 0 unspecified atom stereocenters. The van der Waals surface area contributed by atoms with Crippen LogP contribution in [0.15, 0.2) is 16.8 Å². The first kappa shape index (κ1) is 9.45. The fourth-order valence-corrected chi connectivity index (χ4v) is 1.31. The first-order chi connectivity index (χ1) is 7.16. The Morgan fingerprint density at radius 2 is 2.47 bits per heavy atom. The highest BCUT2D eigenvalue weighted by atomic mass is 16.5. The number of nitrogens with zero attached hydrogens (tertiary/aromatic N) is 2. The van der Waals surface area contributed by atoms with Gasteiger partial charge in [-0.15, -0.1) is 0 Å². The lowest BCUT2D eigenvalue weighted by Gasteiger charge is -1.94. The Bertz CT molecular complexity index is 486. The topological polar surface area (TPSA) is 92.0 Å². The van der Waals surface area contributed by atoms with E-state index in [0.717, 1.165) is 0 Å². The molecule has 2 N–H and O–H groups in total. The summed E-state index contributed by atoms with van der Waals surface area (Å²) in [6.45, 7) is 1.77. The Kier molecular flexibility index (Phi) is 2.24. The van der Waals surface area contributed by atoms with Crippen LogP contribution >= 0.6 is 0 Å². The van der Waals surface area contributed by atoms with Crippen LogP contribution in [0.1, 0.15) is 11.3 Å². The first-order valence-electron chi connectivity index (χ1n) is 4.34. The van der Waals surface area contributed by atoms with Gasteiger partial charge in [0.2, 0.25) is 0 Å². The first-order valence-corrected chi connectivity index (χ1v) is 4.34. The molecule has 0 bridgehead atoms. The fraction of sp³-hybridized carbons (Fsp3) is 0.222. The Balaban J connectivity index is 2.36. The van der Waals surface area contributed by atoms with Gasteiger partial charge in [0.1, 0.15) is 11.5 Å². The highest BCUT2D eigenvalue weighted by Gasteiger charge is 2.13. The molecule has 78 valence electrons. The fourth-order valence-electron chi connectivity index (χ4n) is 1.31. The third kappa shape index (κ3) is 1.88. The quantitative estimate of drug-likeness (QED) is 0.783. The number of aryl methyl sites for hydroxylation is 1. The molecular formula is C9H9N3O3. The summed E-state index contributed by atoms with van der Waals surface area (Å²) in [6.07, 6.45) is 1.39. The molecule has 6 heteroatoms. The molecule has 6 nitrogen and oxygen atoms in total. The van der Waals surface area contributed by atoms with E-state index in [1.54, 1.807) is 13.0 Å². The van der Waals surface area contributed by atoms with E-state index in [2.05, 4.69) is 15.4 Å². The van der Waals surface area contributed by atoms with Gasteiger partial charge in [0.25, 0.3) is 0 Å². The number of H-pyrrole nitrogens is 1. The summed E-state index contributed by atoms with van der Waals surface area (Å²) < 4.78 is 4.90. The molecule has 0 saturated carbocycles. The lowest BCUT2D eigenvalue weighted by Crippen LogP contribution is -2.00. The maximum atomic E-state index is 10.6. The number of aliphatic carboxylic acids is 1.